The minimum absolute atomic E-state index is 0.0835. The Morgan fingerprint density at radius 1 is 1.47 bits per heavy atom. The van der Waals surface area contributed by atoms with Crippen molar-refractivity contribution in [2.75, 3.05) is 7.11 Å². The molecule has 17 heavy (non-hydrogen) atoms. The van der Waals surface area contributed by atoms with Crippen LogP contribution in [-0.4, -0.2) is 19.2 Å². The summed E-state index contributed by atoms with van der Waals surface area (Å²) in [5.74, 6) is 0. The Morgan fingerprint density at radius 2 is 2.18 bits per heavy atom. The first-order valence-corrected chi connectivity index (χ1v) is 5.75. The Morgan fingerprint density at radius 3 is 2.76 bits per heavy atom. The molecule has 1 unspecified atom stereocenters. The van der Waals surface area contributed by atoms with Crippen LogP contribution in [0.5, 0.6) is 0 Å². The molecule has 0 saturated carbocycles. The summed E-state index contributed by atoms with van der Waals surface area (Å²) in [4.78, 5) is 11.1. The van der Waals surface area contributed by atoms with Gasteiger partial charge in [-0.1, -0.05) is 36.4 Å². The smallest absolute Gasteiger partial charge is 0.407 e. The zero-order valence-electron chi connectivity index (χ0n) is 10.2. The van der Waals surface area contributed by atoms with Crippen molar-refractivity contribution in [3.8, 4) is 0 Å². The number of benzene rings is 1. The van der Waals surface area contributed by atoms with Gasteiger partial charge in [0.25, 0.3) is 0 Å². The fourth-order valence-electron chi connectivity index (χ4n) is 1.66. The normalized spacial score (nSPS) is 11.6. The molecular formula is C14H19NO2. The lowest BCUT2D eigenvalue weighted by molar-refractivity contribution is 0.166. The average Bonchev–Trinajstić information content (AvgIpc) is 2.37. The maximum atomic E-state index is 11.1. The van der Waals surface area contributed by atoms with E-state index in [9.17, 15) is 4.79 Å². The molecule has 0 bridgehead atoms. The molecule has 0 fully saturated rings. The molecule has 92 valence electrons. The first-order valence-electron chi connectivity index (χ1n) is 5.75. The van der Waals surface area contributed by atoms with Crippen molar-refractivity contribution in [3.63, 3.8) is 0 Å². The minimum atomic E-state index is -0.384. The van der Waals surface area contributed by atoms with Crippen molar-refractivity contribution >= 4 is 6.09 Å². The molecule has 1 aromatic rings. The lowest BCUT2D eigenvalue weighted by Gasteiger charge is -2.16. The van der Waals surface area contributed by atoms with Gasteiger partial charge in [0, 0.05) is 6.04 Å². The second-order valence-corrected chi connectivity index (χ2v) is 3.88. The van der Waals surface area contributed by atoms with Crippen molar-refractivity contribution in [2.45, 2.75) is 25.3 Å². The van der Waals surface area contributed by atoms with E-state index in [1.807, 2.05) is 24.3 Å². The van der Waals surface area contributed by atoms with E-state index < -0.39 is 0 Å². The molecule has 1 atom stereocenters. The van der Waals surface area contributed by atoms with Crippen LogP contribution < -0.4 is 5.32 Å². The Hall–Kier alpha value is -1.77. The second kappa shape index (κ2) is 7.49. The quantitative estimate of drug-likeness (QED) is 0.767. The predicted octanol–water partition coefficient (Wildman–Crippen LogP) is 2.92. The van der Waals surface area contributed by atoms with Crippen LogP contribution in [0.15, 0.2) is 43.0 Å². The summed E-state index contributed by atoms with van der Waals surface area (Å²) in [5, 5.41) is 2.81. The van der Waals surface area contributed by atoms with Gasteiger partial charge >= 0.3 is 6.09 Å². The number of aryl methyl sites for hydroxylation is 1. The van der Waals surface area contributed by atoms with Crippen molar-refractivity contribution in [2.24, 2.45) is 0 Å². The number of alkyl carbamates (subject to hydrolysis) is 1. The summed E-state index contributed by atoms with van der Waals surface area (Å²) in [6.07, 6.45) is 3.99. The van der Waals surface area contributed by atoms with Gasteiger partial charge in [-0.05, 0) is 24.8 Å². The van der Waals surface area contributed by atoms with E-state index in [1.54, 1.807) is 0 Å². The Labute approximate surface area is 102 Å². The van der Waals surface area contributed by atoms with Gasteiger partial charge in [-0.15, -0.1) is 6.58 Å². The van der Waals surface area contributed by atoms with E-state index >= 15 is 0 Å². The van der Waals surface area contributed by atoms with Crippen LogP contribution in [0.4, 0.5) is 4.79 Å². The standard InChI is InChI=1S/C14H19NO2/c1-3-7-13(15-14(16)17-2)11-10-12-8-5-4-6-9-12/h3-6,8-9,13H,1,7,10-11H2,2H3,(H,15,16). The number of hydrogen-bond donors (Lipinski definition) is 1. The van der Waals surface area contributed by atoms with Crippen molar-refractivity contribution in [1.82, 2.24) is 5.32 Å². The Bertz CT molecular complexity index is 348. The molecule has 0 aromatic heterocycles. The van der Waals surface area contributed by atoms with Gasteiger partial charge in [-0.3, -0.25) is 0 Å². The second-order valence-electron chi connectivity index (χ2n) is 3.88. The van der Waals surface area contributed by atoms with E-state index in [-0.39, 0.29) is 12.1 Å². The van der Waals surface area contributed by atoms with E-state index in [2.05, 4.69) is 28.8 Å². The molecule has 0 aliphatic carbocycles. The molecule has 0 radical (unpaired) electrons. The molecular weight excluding hydrogens is 214 g/mol. The monoisotopic (exact) mass is 233 g/mol. The number of carbonyl (C=O) groups is 1. The summed E-state index contributed by atoms with van der Waals surface area (Å²) < 4.78 is 4.59. The van der Waals surface area contributed by atoms with Crippen molar-refractivity contribution in [1.29, 1.82) is 0 Å². The zero-order valence-corrected chi connectivity index (χ0v) is 10.2. The largest absolute Gasteiger partial charge is 0.453 e. The summed E-state index contributed by atoms with van der Waals surface area (Å²) in [6.45, 7) is 3.70. The first kappa shape index (κ1) is 13.3. The predicted molar refractivity (Wildman–Crippen MR) is 68.9 cm³/mol. The molecule has 3 heteroatoms. The molecule has 0 spiro atoms. The lowest BCUT2D eigenvalue weighted by atomic mass is 10.0. The van der Waals surface area contributed by atoms with Crippen LogP contribution in [0.25, 0.3) is 0 Å². The van der Waals surface area contributed by atoms with E-state index in [0.29, 0.717) is 0 Å². The molecule has 0 saturated heterocycles. The van der Waals surface area contributed by atoms with Crippen LogP contribution in [-0.2, 0) is 11.2 Å². The summed E-state index contributed by atoms with van der Waals surface area (Å²) in [5.41, 5.74) is 1.27. The van der Waals surface area contributed by atoms with Gasteiger partial charge in [0.05, 0.1) is 7.11 Å². The molecule has 0 heterocycles. The van der Waals surface area contributed by atoms with E-state index in [4.69, 9.17) is 0 Å². The third-order valence-corrected chi connectivity index (χ3v) is 2.58. The van der Waals surface area contributed by atoms with E-state index in [1.165, 1.54) is 12.7 Å². The van der Waals surface area contributed by atoms with Gasteiger partial charge in [-0.25, -0.2) is 4.79 Å². The highest BCUT2D eigenvalue weighted by Gasteiger charge is 2.10. The summed E-state index contributed by atoms with van der Waals surface area (Å²) >= 11 is 0. The third-order valence-electron chi connectivity index (χ3n) is 2.58. The zero-order chi connectivity index (χ0) is 12.5. The third kappa shape index (κ3) is 5.20. The molecule has 1 aromatic carbocycles. The summed E-state index contributed by atoms with van der Waals surface area (Å²) in [6, 6.07) is 10.3. The molecule has 1 rings (SSSR count). The SMILES string of the molecule is C=CCC(CCc1ccccc1)NC(=O)OC. The van der Waals surface area contributed by atoms with E-state index in [0.717, 1.165) is 19.3 Å². The molecule has 0 aliphatic rings. The molecule has 1 amide bonds. The number of nitrogens with one attached hydrogen (secondary N) is 1. The maximum absolute atomic E-state index is 11.1. The Kier molecular flexibility index (Phi) is 5.86. The highest BCUT2D eigenvalue weighted by atomic mass is 16.5. The van der Waals surface area contributed by atoms with Gasteiger partial charge in [-0.2, -0.15) is 0 Å². The number of carbonyl (C=O) groups excluding carboxylic acids is 1. The lowest BCUT2D eigenvalue weighted by Crippen LogP contribution is -2.34. The fraction of sp³-hybridized carbons (Fsp3) is 0.357. The summed E-state index contributed by atoms with van der Waals surface area (Å²) in [7, 11) is 1.37. The Balaban J connectivity index is 2.44. The molecule has 0 aliphatic heterocycles. The van der Waals surface area contributed by atoms with Gasteiger partial charge in [0.1, 0.15) is 0 Å². The number of methoxy groups -OCH3 is 1. The number of ether oxygens (including phenoxy) is 1. The number of rotatable bonds is 6. The van der Waals surface area contributed by atoms with Gasteiger partial charge in [0.15, 0.2) is 0 Å². The van der Waals surface area contributed by atoms with Gasteiger partial charge in [0.2, 0.25) is 0 Å². The van der Waals surface area contributed by atoms with Crippen molar-refractivity contribution in [3.05, 3.63) is 48.6 Å². The highest BCUT2D eigenvalue weighted by Crippen LogP contribution is 2.07. The van der Waals surface area contributed by atoms with Crippen molar-refractivity contribution < 1.29 is 9.53 Å². The molecule has 3 nitrogen and oxygen atoms in total. The maximum Gasteiger partial charge on any atom is 0.407 e. The molecule has 1 N–H and O–H groups in total. The average molecular weight is 233 g/mol. The highest BCUT2D eigenvalue weighted by molar-refractivity contribution is 5.67. The fourth-order valence-corrected chi connectivity index (χ4v) is 1.66. The number of amides is 1. The first-order chi connectivity index (χ1) is 8.26. The van der Waals surface area contributed by atoms with Crippen LogP contribution in [0, 0.1) is 0 Å². The number of hydrogen-bond acceptors (Lipinski definition) is 2. The van der Waals surface area contributed by atoms with Gasteiger partial charge < -0.3 is 10.1 Å². The minimum Gasteiger partial charge on any atom is -0.453 e. The van der Waals surface area contributed by atoms with Crippen LogP contribution >= 0.6 is 0 Å². The van der Waals surface area contributed by atoms with Crippen LogP contribution in [0.3, 0.4) is 0 Å². The topological polar surface area (TPSA) is 38.3 Å². The van der Waals surface area contributed by atoms with Crippen LogP contribution in [0.2, 0.25) is 0 Å². The van der Waals surface area contributed by atoms with Crippen LogP contribution in [0.1, 0.15) is 18.4 Å².